The van der Waals surface area contributed by atoms with Gasteiger partial charge in [-0.25, -0.2) is 0 Å². The summed E-state index contributed by atoms with van der Waals surface area (Å²) in [5.74, 6) is 1.41. The first-order chi connectivity index (χ1) is 9.63. The highest BCUT2D eigenvalue weighted by Gasteiger charge is 2.03. The molecule has 0 atom stereocenters. The second-order valence-electron chi connectivity index (χ2n) is 4.31. The summed E-state index contributed by atoms with van der Waals surface area (Å²) in [6, 6.07) is 11.7. The Morgan fingerprint density at radius 3 is 2.40 bits per heavy atom. The quantitative estimate of drug-likeness (QED) is 0.770. The molecule has 0 N–H and O–H groups in total. The van der Waals surface area contributed by atoms with Crippen molar-refractivity contribution in [3.05, 3.63) is 52.0 Å². The van der Waals surface area contributed by atoms with Gasteiger partial charge in [0.05, 0.1) is 19.9 Å². The summed E-state index contributed by atoms with van der Waals surface area (Å²) in [6.45, 7) is 2.05. The molecule has 0 aromatic heterocycles. The van der Waals surface area contributed by atoms with Gasteiger partial charge in [0, 0.05) is 10.7 Å². The Balaban J connectivity index is 2.24. The van der Waals surface area contributed by atoms with Crippen molar-refractivity contribution in [2.24, 2.45) is 4.99 Å². The van der Waals surface area contributed by atoms with Crippen molar-refractivity contribution in [1.29, 1.82) is 0 Å². The summed E-state index contributed by atoms with van der Waals surface area (Å²) >= 11 is 3.50. The first-order valence-corrected chi connectivity index (χ1v) is 6.95. The molecule has 20 heavy (non-hydrogen) atoms. The second-order valence-corrected chi connectivity index (χ2v) is 5.16. The Bertz CT molecular complexity index is 638. The largest absolute Gasteiger partial charge is 0.493 e. The Labute approximate surface area is 127 Å². The predicted octanol–water partition coefficient (Wildman–Crippen LogP) is 4.53. The molecule has 0 aliphatic rings. The monoisotopic (exact) mass is 333 g/mol. The highest BCUT2D eigenvalue weighted by molar-refractivity contribution is 9.10. The van der Waals surface area contributed by atoms with Crippen LogP contribution in [0.1, 0.15) is 11.1 Å². The van der Waals surface area contributed by atoms with Crippen LogP contribution < -0.4 is 9.47 Å². The minimum Gasteiger partial charge on any atom is -0.493 e. The first-order valence-electron chi connectivity index (χ1n) is 6.16. The summed E-state index contributed by atoms with van der Waals surface area (Å²) in [6.07, 6.45) is 1.80. The molecule has 2 aromatic carbocycles. The van der Waals surface area contributed by atoms with Gasteiger partial charge in [0.25, 0.3) is 0 Å². The molecule has 2 rings (SSSR count). The zero-order valence-electron chi connectivity index (χ0n) is 11.7. The number of aryl methyl sites for hydroxylation is 1. The molecule has 104 valence electrons. The summed E-state index contributed by atoms with van der Waals surface area (Å²) < 4.78 is 11.5. The average Bonchev–Trinajstić information content (AvgIpc) is 2.48. The van der Waals surface area contributed by atoms with E-state index in [4.69, 9.17) is 9.47 Å². The summed E-state index contributed by atoms with van der Waals surface area (Å²) in [5.41, 5.74) is 3.05. The van der Waals surface area contributed by atoms with E-state index in [0.717, 1.165) is 15.7 Å². The Hall–Kier alpha value is -1.81. The summed E-state index contributed by atoms with van der Waals surface area (Å²) in [5, 5.41) is 0. The van der Waals surface area contributed by atoms with Crippen LogP contribution in [0.2, 0.25) is 0 Å². The lowest BCUT2D eigenvalue weighted by molar-refractivity contribution is 0.355. The third-order valence-electron chi connectivity index (χ3n) is 2.93. The van der Waals surface area contributed by atoms with E-state index in [2.05, 4.69) is 20.9 Å². The molecular formula is C16H16BrNO2. The van der Waals surface area contributed by atoms with E-state index in [-0.39, 0.29) is 0 Å². The lowest BCUT2D eigenvalue weighted by Gasteiger charge is -2.07. The second kappa shape index (κ2) is 6.57. The highest BCUT2D eigenvalue weighted by atomic mass is 79.9. The van der Waals surface area contributed by atoms with Crippen LogP contribution in [0, 0.1) is 6.92 Å². The minimum atomic E-state index is 0.696. The van der Waals surface area contributed by atoms with Crippen molar-refractivity contribution in [2.45, 2.75) is 6.92 Å². The molecule has 0 spiro atoms. The molecule has 0 aliphatic heterocycles. The van der Waals surface area contributed by atoms with Gasteiger partial charge in [0.15, 0.2) is 11.5 Å². The van der Waals surface area contributed by atoms with E-state index in [1.807, 2.05) is 43.3 Å². The Morgan fingerprint density at radius 2 is 1.75 bits per heavy atom. The number of halogens is 1. The Morgan fingerprint density at radius 1 is 1.00 bits per heavy atom. The van der Waals surface area contributed by atoms with Crippen LogP contribution in [0.4, 0.5) is 5.69 Å². The third kappa shape index (κ3) is 3.39. The van der Waals surface area contributed by atoms with Gasteiger partial charge < -0.3 is 9.47 Å². The molecule has 4 heteroatoms. The van der Waals surface area contributed by atoms with Gasteiger partial charge in [-0.05, 0) is 48.4 Å². The zero-order valence-corrected chi connectivity index (χ0v) is 13.3. The van der Waals surface area contributed by atoms with Crippen LogP contribution in [-0.2, 0) is 0 Å². The van der Waals surface area contributed by atoms with Crippen LogP contribution in [0.5, 0.6) is 11.5 Å². The number of hydrogen-bond donors (Lipinski definition) is 0. The highest BCUT2D eigenvalue weighted by Crippen LogP contribution is 2.27. The van der Waals surface area contributed by atoms with Gasteiger partial charge in [0.2, 0.25) is 0 Å². The van der Waals surface area contributed by atoms with E-state index in [9.17, 15) is 0 Å². The van der Waals surface area contributed by atoms with E-state index in [1.165, 1.54) is 5.56 Å². The van der Waals surface area contributed by atoms with Crippen LogP contribution >= 0.6 is 15.9 Å². The fraction of sp³-hybridized carbons (Fsp3) is 0.188. The zero-order chi connectivity index (χ0) is 14.5. The molecule has 0 radical (unpaired) electrons. The summed E-state index contributed by atoms with van der Waals surface area (Å²) in [4.78, 5) is 4.46. The summed E-state index contributed by atoms with van der Waals surface area (Å²) in [7, 11) is 3.24. The SMILES string of the molecule is COc1ccc(C=Nc2ccc(C)c(Br)c2)cc1OC. The molecular weight excluding hydrogens is 318 g/mol. The van der Waals surface area contributed by atoms with Gasteiger partial charge in [-0.2, -0.15) is 0 Å². The molecule has 0 saturated carbocycles. The van der Waals surface area contributed by atoms with E-state index in [1.54, 1.807) is 20.4 Å². The van der Waals surface area contributed by atoms with Crippen LogP contribution in [0.25, 0.3) is 0 Å². The fourth-order valence-corrected chi connectivity index (χ4v) is 2.11. The molecule has 0 fully saturated rings. The van der Waals surface area contributed by atoms with Gasteiger partial charge in [-0.1, -0.05) is 22.0 Å². The number of methoxy groups -OCH3 is 2. The van der Waals surface area contributed by atoms with E-state index < -0.39 is 0 Å². The predicted molar refractivity (Wildman–Crippen MR) is 85.7 cm³/mol. The topological polar surface area (TPSA) is 30.8 Å². The minimum absolute atomic E-state index is 0.696. The number of nitrogens with zero attached hydrogens (tertiary/aromatic N) is 1. The maximum absolute atomic E-state index is 5.27. The van der Waals surface area contributed by atoms with Crippen molar-refractivity contribution >= 4 is 27.8 Å². The lowest BCUT2D eigenvalue weighted by atomic mass is 10.2. The van der Waals surface area contributed by atoms with Crippen molar-refractivity contribution in [2.75, 3.05) is 14.2 Å². The average molecular weight is 334 g/mol. The first kappa shape index (κ1) is 14.6. The van der Waals surface area contributed by atoms with Crippen LogP contribution in [-0.4, -0.2) is 20.4 Å². The lowest BCUT2D eigenvalue weighted by Crippen LogP contribution is -1.91. The number of benzene rings is 2. The molecule has 0 bridgehead atoms. The normalized spacial score (nSPS) is 10.8. The fourth-order valence-electron chi connectivity index (χ4n) is 1.74. The molecule has 0 amide bonds. The number of hydrogen-bond acceptors (Lipinski definition) is 3. The maximum atomic E-state index is 5.27. The van der Waals surface area contributed by atoms with Crippen molar-refractivity contribution in [1.82, 2.24) is 0 Å². The van der Waals surface area contributed by atoms with Gasteiger partial charge in [-0.3, -0.25) is 4.99 Å². The standard InChI is InChI=1S/C16H16BrNO2/c1-11-4-6-13(9-14(11)17)18-10-12-5-7-15(19-2)16(8-12)20-3/h4-10H,1-3H3. The Kier molecular flexibility index (Phi) is 4.79. The van der Waals surface area contributed by atoms with E-state index >= 15 is 0 Å². The number of ether oxygens (including phenoxy) is 2. The number of rotatable bonds is 4. The van der Waals surface area contributed by atoms with Gasteiger partial charge >= 0.3 is 0 Å². The maximum Gasteiger partial charge on any atom is 0.161 e. The van der Waals surface area contributed by atoms with Gasteiger partial charge in [0.1, 0.15) is 0 Å². The van der Waals surface area contributed by atoms with Gasteiger partial charge in [-0.15, -0.1) is 0 Å². The molecule has 0 saturated heterocycles. The van der Waals surface area contributed by atoms with Crippen LogP contribution in [0.15, 0.2) is 45.9 Å². The smallest absolute Gasteiger partial charge is 0.161 e. The van der Waals surface area contributed by atoms with Crippen molar-refractivity contribution in [3.63, 3.8) is 0 Å². The molecule has 0 heterocycles. The molecule has 3 nitrogen and oxygen atoms in total. The van der Waals surface area contributed by atoms with Crippen molar-refractivity contribution in [3.8, 4) is 11.5 Å². The third-order valence-corrected chi connectivity index (χ3v) is 3.78. The van der Waals surface area contributed by atoms with Crippen molar-refractivity contribution < 1.29 is 9.47 Å². The van der Waals surface area contributed by atoms with Crippen LogP contribution in [0.3, 0.4) is 0 Å². The number of aliphatic imine (C=N–C) groups is 1. The molecule has 0 aliphatic carbocycles. The van der Waals surface area contributed by atoms with E-state index in [0.29, 0.717) is 11.5 Å². The molecule has 0 unspecified atom stereocenters. The molecule has 2 aromatic rings.